The van der Waals surface area contributed by atoms with Crippen molar-refractivity contribution in [2.45, 2.75) is 38.4 Å². The number of rotatable bonds is 4. The molecule has 1 aliphatic carbocycles. The lowest BCUT2D eigenvalue weighted by Gasteiger charge is -2.32. The van der Waals surface area contributed by atoms with Gasteiger partial charge in [-0.05, 0) is 37.1 Å². The molecule has 0 spiro atoms. The molecule has 1 amide bonds. The van der Waals surface area contributed by atoms with E-state index in [1.165, 1.54) is 0 Å². The van der Waals surface area contributed by atoms with Crippen molar-refractivity contribution in [2.75, 3.05) is 5.32 Å². The van der Waals surface area contributed by atoms with E-state index in [0.717, 1.165) is 0 Å². The third-order valence-corrected chi connectivity index (χ3v) is 4.87. The predicted octanol–water partition coefficient (Wildman–Crippen LogP) is 4.03. The van der Waals surface area contributed by atoms with Crippen LogP contribution in [0.4, 0.5) is 18.9 Å². The Morgan fingerprint density at radius 3 is 2.62 bits per heavy atom. The molecule has 1 heterocycles. The number of benzene rings is 1. The van der Waals surface area contributed by atoms with Crippen molar-refractivity contribution >= 4 is 28.5 Å². The molecule has 0 aliphatic heterocycles. The number of carboxylic acids is 1. The largest absolute Gasteiger partial charge is 0.480 e. The number of nitrogens with one attached hydrogen (secondary N) is 1. The second-order valence-corrected chi connectivity index (χ2v) is 6.64. The Balaban J connectivity index is 1.77. The first-order valence-corrected chi connectivity index (χ1v) is 8.44. The summed E-state index contributed by atoms with van der Waals surface area (Å²) in [6.45, 7) is -0.190. The number of fused-ring (bicyclic) bond motifs is 1. The molecular formula is C18H19F3N2O3. The maximum absolute atomic E-state index is 13.2. The molecule has 1 aromatic heterocycles. The number of carbonyl (C=O) groups excluding carboxylic acids is 1. The molecule has 2 atom stereocenters. The molecule has 0 bridgehead atoms. The van der Waals surface area contributed by atoms with Gasteiger partial charge in [0.05, 0.1) is 5.92 Å². The van der Waals surface area contributed by atoms with Gasteiger partial charge in [-0.2, -0.15) is 13.2 Å². The van der Waals surface area contributed by atoms with E-state index in [-0.39, 0.29) is 19.4 Å². The van der Waals surface area contributed by atoms with Crippen LogP contribution in [0.3, 0.4) is 0 Å². The van der Waals surface area contributed by atoms with Gasteiger partial charge in [0.15, 0.2) is 0 Å². The van der Waals surface area contributed by atoms with Crippen molar-refractivity contribution in [1.82, 2.24) is 4.57 Å². The van der Waals surface area contributed by atoms with Gasteiger partial charge in [-0.15, -0.1) is 0 Å². The van der Waals surface area contributed by atoms with Gasteiger partial charge in [0.25, 0.3) is 0 Å². The van der Waals surface area contributed by atoms with Gasteiger partial charge in [0.1, 0.15) is 6.54 Å². The smallest absolute Gasteiger partial charge is 0.392 e. The van der Waals surface area contributed by atoms with Crippen LogP contribution in [0.25, 0.3) is 10.9 Å². The van der Waals surface area contributed by atoms with E-state index in [1.807, 2.05) is 0 Å². The zero-order valence-electron chi connectivity index (χ0n) is 13.9. The number of nitrogens with zero attached hydrogens (tertiary/aromatic N) is 1. The van der Waals surface area contributed by atoms with Gasteiger partial charge < -0.3 is 15.0 Å². The number of alkyl halides is 3. The lowest BCUT2D eigenvalue weighted by atomic mass is 9.78. The monoisotopic (exact) mass is 368 g/mol. The fourth-order valence-corrected chi connectivity index (χ4v) is 3.63. The first-order chi connectivity index (χ1) is 12.3. The summed E-state index contributed by atoms with van der Waals surface area (Å²) >= 11 is 0. The minimum absolute atomic E-state index is 0.0152. The number of amides is 1. The molecule has 1 aliphatic rings. The summed E-state index contributed by atoms with van der Waals surface area (Å²) in [4.78, 5) is 23.3. The Hall–Kier alpha value is -2.51. The predicted molar refractivity (Wildman–Crippen MR) is 89.7 cm³/mol. The molecule has 0 radical (unpaired) electrons. The fourth-order valence-electron chi connectivity index (χ4n) is 3.63. The van der Waals surface area contributed by atoms with Crippen molar-refractivity contribution in [2.24, 2.45) is 11.8 Å². The highest BCUT2D eigenvalue weighted by Gasteiger charge is 2.48. The van der Waals surface area contributed by atoms with Crippen LogP contribution in [-0.2, 0) is 16.1 Å². The summed E-state index contributed by atoms with van der Waals surface area (Å²) in [7, 11) is 0. The van der Waals surface area contributed by atoms with Crippen LogP contribution in [0.1, 0.15) is 25.7 Å². The van der Waals surface area contributed by atoms with Crippen LogP contribution in [0.5, 0.6) is 0 Å². The SMILES string of the molecule is O=C(O)Cn1ccc2cc(NC(=O)C3CCCCC3C(F)(F)F)ccc21. The third-order valence-electron chi connectivity index (χ3n) is 4.87. The molecule has 1 saturated carbocycles. The van der Waals surface area contributed by atoms with E-state index in [4.69, 9.17) is 5.11 Å². The van der Waals surface area contributed by atoms with Crippen molar-refractivity contribution < 1.29 is 27.9 Å². The summed E-state index contributed by atoms with van der Waals surface area (Å²) in [5.74, 6) is -4.26. The summed E-state index contributed by atoms with van der Waals surface area (Å²) in [6, 6.07) is 6.56. The molecule has 1 aromatic carbocycles. The van der Waals surface area contributed by atoms with E-state index in [9.17, 15) is 22.8 Å². The molecule has 8 heteroatoms. The summed E-state index contributed by atoms with van der Waals surface area (Å²) in [5.41, 5.74) is 1.08. The Kier molecular flexibility index (Phi) is 4.93. The van der Waals surface area contributed by atoms with Crippen LogP contribution in [0.2, 0.25) is 0 Å². The van der Waals surface area contributed by atoms with Crippen LogP contribution in [-0.4, -0.2) is 27.7 Å². The van der Waals surface area contributed by atoms with Gasteiger partial charge in [-0.1, -0.05) is 12.8 Å². The molecule has 26 heavy (non-hydrogen) atoms. The van der Waals surface area contributed by atoms with Crippen LogP contribution >= 0.6 is 0 Å². The summed E-state index contributed by atoms with van der Waals surface area (Å²) in [5, 5.41) is 12.2. The Labute approximate surface area is 147 Å². The molecule has 1 fully saturated rings. The molecule has 5 nitrogen and oxygen atoms in total. The van der Waals surface area contributed by atoms with Crippen LogP contribution < -0.4 is 5.32 Å². The Bertz CT molecular complexity index is 829. The highest BCUT2D eigenvalue weighted by molar-refractivity contribution is 5.95. The molecule has 2 unspecified atom stereocenters. The number of hydrogen-bond acceptors (Lipinski definition) is 2. The lowest BCUT2D eigenvalue weighted by molar-refractivity contribution is -0.197. The molecule has 2 N–H and O–H groups in total. The number of anilines is 1. The second kappa shape index (κ2) is 7.01. The van der Waals surface area contributed by atoms with Crippen molar-refractivity contribution in [3.8, 4) is 0 Å². The number of aromatic nitrogens is 1. The number of aliphatic carboxylic acids is 1. The zero-order chi connectivity index (χ0) is 18.9. The lowest BCUT2D eigenvalue weighted by Crippen LogP contribution is -2.39. The van der Waals surface area contributed by atoms with Crippen molar-refractivity contribution in [1.29, 1.82) is 0 Å². The van der Waals surface area contributed by atoms with Crippen molar-refractivity contribution in [3.63, 3.8) is 0 Å². The number of halogens is 3. The number of hydrogen-bond donors (Lipinski definition) is 2. The number of carbonyl (C=O) groups is 2. The quantitative estimate of drug-likeness (QED) is 0.856. The zero-order valence-corrected chi connectivity index (χ0v) is 13.9. The standard InChI is InChI=1S/C18H19F3N2O3/c19-18(20,21)14-4-2-1-3-13(14)17(26)22-12-5-6-15-11(9-12)7-8-23(15)10-16(24)25/h5-9,13-14H,1-4,10H2,(H,22,26)(H,24,25). The highest BCUT2D eigenvalue weighted by atomic mass is 19.4. The van der Waals surface area contributed by atoms with Gasteiger partial charge >= 0.3 is 12.1 Å². The van der Waals surface area contributed by atoms with Gasteiger partial charge in [-0.3, -0.25) is 9.59 Å². The molecule has 3 rings (SSSR count). The summed E-state index contributed by atoms with van der Waals surface area (Å²) < 4.78 is 41.1. The average molecular weight is 368 g/mol. The van der Waals surface area contributed by atoms with E-state index in [1.54, 1.807) is 35.0 Å². The van der Waals surface area contributed by atoms with Gasteiger partial charge in [-0.25, -0.2) is 0 Å². The average Bonchev–Trinajstić information content (AvgIpc) is 2.95. The Morgan fingerprint density at radius 1 is 1.19 bits per heavy atom. The first kappa shape index (κ1) is 18.3. The second-order valence-electron chi connectivity index (χ2n) is 6.64. The summed E-state index contributed by atoms with van der Waals surface area (Å²) in [6.07, 6.45) is -1.45. The van der Waals surface area contributed by atoms with E-state index >= 15 is 0 Å². The molecular weight excluding hydrogens is 349 g/mol. The van der Waals surface area contributed by atoms with Crippen LogP contribution in [0.15, 0.2) is 30.5 Å². The van der Waals surface area contributed by atoms with Gasteiger partial charge in [0, 0.05) is 28.7 Å². The van der Waals surface area contributed by atoms with E-state index in [2.05, 4.69) is 5.32 Å². The molecule has 2 aromatic rings. The fraction of sp³-hybridized carbons (Fsp3) is 0.444. The normalized spacial score (nSPS) is 20.9. The molecule has 0 saturated heterocycles. The minimum atomic E-state index is -4.37. The maximum atomic E-state index is 13.2. The highest BCUT2D eigenvalue weighted by Crippen LogP contribution is 2.42. The van der Waals surface area contributed by atoms with E-state index < -0.39 is 29.9 Å². The molecule has 140 valence electrons. The topological polar surface area (TPSA) is 71.3 Å². The Morgan fingerprint density at radius 2 is 1.92 bits per heavy atom. The van der Waals surface area contributed by atoms with E-state index in [0.29, 0.717) is 29.4 Å². The van der Waals surface area contributed by atoms with Crippen molar-refractivity contribution in [3.05, 3.63) is 30.5 Å². The van der Waals surface area contributed by atoms with Gasteiger partial charge in [0.2, 0.25) is 5.91 Å². The minimum Gasteiger partial charge on any atom is -0.480 e. The van der Waals surface area contributed by atoms with Crippen LogP contribution in [0, 0.1) is 11.8 Å². The number of carboxylic acid groups (broad SMARTS) is 1. The maximum Gasteiger partial charge on any atom is 0.392 e. The third kappa shape index (κ3) is 3.84. The first-order valence-electron chi connectivity index (χ1n) is 8.44.